The van der Waals surface area contributed by atoms with Crippen molar-refractivity contribution in [1.29, 1.82) is 0 Å². The molecule has 0 unspecified atom stereocenters. The number of benzene rings is 2. The molecule has 0 aliphatic heterocycles. The molecule has 0 radical (unpaired) electrons. The largest absolute Gasteiger partial charge is 0.426 e. The Labute approximate surface area is 191 Å². The molecule has 2 aliphatic rings. The maximum Gasteiger partial charge on any atom is 0.321 e. The van der Waals surface area contributed by atoms with E-state index in [2.05, 4.69) is 18.2 Å². The van der Waals surface area contributed by atoms with Gasteiger partial charge < -0.3 is 4.74 Å². The quantitative estimate of drug-likeness (QED) is 0.249. The highest BCUT2D eigenvalue weighted by molar-refractivity contribution is 7.99. The summed E-state index contributed by atoms with van der Waals surface area (Å²) in [6.45, 7) is 1.98. The van der Waals surface area contributed by atoms with Gasteiger partial charge in [0.2, 0.25) is 0 Å². The second kappa shape index (κ2) is 8.24. The Bertz CT molecular complexity index is 1240. The molecule has 0 amide bonds. The smallest absolute Gasteiger partial charge is 0.321 e. The highest BCUT2D eigenvalue weighted by Gasteiger charge is 2.44. The zero-order valence-electron chi connectivity index (χ0n) is 18.4. The first kappa shape index (κ1) is 21.0. The summed E-state index contributed by atoms with van der Waals surface area (Å²) < 4.78 is 7.04. The van der Waals surface area contributed by atoms with Gasteiger partial charge in [-0.25, -0.2) is 4.98 Å². The number of nitrogens with zero attached hydrogens (tertiary/aromatic N) is 2. The standard InChI is InChI=1S/C26H26N2O3S/c1-17-9-11-19(12-10-17)31-21(29)16-32-25-27-23-20-8-4-3-7-18(20)15-26(13-5-6-14-26)22(23)24(30)28(25)2/h3-4,7-12H,5-6,13-16H2,1-2H3. The summed E-state index contributed by atoms with van der Waals surface area (Å²) in [7, 11) is 1.76. The number of ether oxygens (including phenoxy) is 1. The molecule has 0 saturated heterocycles. The zero-order chi connectivity index (χ0) is 22.3. The number of aryl methyl sites for hydroxylation is 1. The molecule has 1 fully saturated rings. The average Bonchev–Trinajstić information content (AvgIpc) is 3.25. The minimum absolute atomic E-state index is 0.0146. The van der Waals surface area contributed by atoms with Gasteiger partial charge in [0, 0.05) is 18.0 Å². The molecular formula is C26H26N2O3S. The lowest BCUT2D eigenvalue weighted by molar-refractivity contribution is -0.131. The van der Waals surface area contributed by atoms with Gasteiger partial charge in [0.1, 0.15) is 5.75 Å². The van der Waals surface area contributed by atoms with Gasteiger partial charge in [-0.1, -0.05) is 66.6 Å². The van der Waals surface area contributed by atoms with E-state index in [1.165, 1.54) is 17.3 Å². The fourth-order valence-corrected chi connectivity index (χ4v) is 5.85. The maximum absolute atomic E-state index is 13.6. The molecule has 32 heavy (non-hydrogen) atoms. The molecule has 0 bridgehead atoms. The van der Waals surface area contributed by atoms with Crippen LogP contribution in [0.4, 0.5) is 0 Å². The van der Waals surface area contributed by atoms with Gasteiger partial charge in [-0.05, 0) is 43.9 Å². The summed E-state index contributed by atoms with van der Waals surface area (Å²) in [4.78, 5) is 30.9. The van der Waals surface area contributed by atoms with Crippen LogP contribution < -0.4 is 10.3 Å². The maximum atomic E-state index is 13.6. The van der Waals surface area contributed by atoms with Crippen molar-refractivity contribution >= 4 is 17.7 Å². The molecule has 1 spiro atoms. The van der Waals surface area contributed by atoms with E-state index in [1.54, 1.807) is 23.7 Å². The lowest BCUT2D eigenvalue weighted by Gasteiger charge is -2.36. The SMILES string of the molecule is Cc1ccc(OC(=O)CSc2nc3c(c(=O)n2C)C2(CCCC2)Cc2ccccc2-3)cc1. The van der Waals surface area contributed by atoms with Gasteiger partial charge in [0.25, 0.3) is 5.56 Å². The van der Waals surface area contributed by atoms with Crippen molar-refractivity contribution in [2.24, 2.45) is 7.05 Å². The minimum atomic E-state index is -0.363. The van der Waals surface area contributed by atoms with Gasteiger partial charge >= 0.3 is 5.97 Å². The normalized spacial score (nSPS) is 15.9. The van der Waals surface area contributed by atoms with Crippen LogP contribution in [-0.2, 0) is 23.7 Å². The molecule has 3 aromatic rings. The van der Waals surface area contributed by atoms with E-state index in [-0.39, 0.29) is 22.7 Å². The first-order valence-corrected chi connectivity index (χ1v) is 12.1. The van der Waals surface area contributed by atoms with Crippen molar-refractivity contribution in [3.63, 3.8) is 0 Å². The van der Waals surface area contributed by atoms with Crippen LogP contribution in [0.2, 0.25) is 0 Å². The van der Waals surface area contributed by atoms with E-state index in [0.29, 0.717) is 10.9 Å². The van der Waals surface area contributed by atoms with E-state index in [4.69, 9.17) is 9.72 Å². The zero-order valence-corrected chi connectivity index (χ0v) is 19.2. The van der Waals surface area contributed by atoms with E-state index in [0.717, 1.165) is 54.5 Å². The van der Waals surface area contributed by atoms with Crippen LogP contribution in [-0.4, -0.2) is 21.3 Å². The fraction of sp³-hybridized carbons (Fsp3) is 0.346. The third kappa shape index (κ3) is 3.66. The Morgan fingerprint density at radius 2 is 1.84 bits per heavy atom. The first-order valence-electron chi connectivity index (χ1n) is 11.1. The Hall–Kier alpha value is -2.86. The van der Waals surface area contributed by atoms with Crippen molar-refractivity contribution in [1.82, 2.24) is 9.55 Å². The molecular weight excluding hydrogens is 420 g/mol. The molecule has 0 N–H and O–H groups in total. The monoisotopic (exact) mass is 446 g/mol. The van der Waals surface area contributed by atoms with Gasteiger partial charge in [0.15, 0.2) is 5.16 Å². The molecule has 164 valence electrons. The minimum Gasteiger partial charge on any atom is -0.426 e. The van der Waals surface area contributed by atoms with Crippen LogP contribution in [0.15, 0.2) is 58.5 Å². The van der Waals surface area contributed by atoms with Crippen LogP contribution in [0.5, 0.6) is 5.75 Å². The summed E-state index contributed by atoms with van der Waals surface area (Å²) in [5.41, 5.74) is 4.97. The summed E-state index contributed by atoms with van der Waals surface area (Å²) in [5, 5.41) is 0.541. The van der Waals surface area contributed by atoms with Gasteiger partial charge in [0.05, 0.1) is 17.0 Å². The molecule has 1 heterocycles. The van der Waals surface area contributed by atoms with Gasteiger partial charge in [-0.2, -0.15) is 0 Å². The number of fused-ring (bicyclic) bond motifs is 4. The number of thioether (sulfide) groups is 1. The number of carbonyl (C=O) groups is 1. The van der Waals surface area contributed by atoms with E-state index in [1.807, 2.05) is 25.1 Å². The second-order valence-electron chi connectivity index (χ2n) is 8.88. The molecule has 2 aromatic carbocycles. The number of hydrogen-bond donors (Lipinski definition) is 0. The van der Waals surface area contributed by atoms with E-state index < -0.39 is 0 Å². The molecule has 1 saturated carbocycles. The molecule has 6 heteroatoms. The second-order valence-corrected chi connectivity index (χ2v) is 9.82. The average molecular weight is 447 g/mol. The summed E-state index contributed by atoms with van der Waals surface area (Å²) in [6.07, 6.45) is 5.25. The predicted octanol–water partition coefficient (Wildman–Crippen LogP) is 4.82. The van der Waals surface area contributed by atoms with Gasteiger partial charge in [-0.15, -0.1) is 0 Å². The van der Waals surface area contributed by atoms with Crippen molar-refractivity contribution in [3.8, 4) is 17.0 Å². The Morgan fingerprint density at radius 3 is 2.59 bits per heavy atom. The molecule has 5 nitrogen and oxygen atoms in total. The highest BCUT2D eigenvalue weighted by Crippen LogP contribution is 2.49. The Kier molecular flexibility index (Phi) is 5.41. The van der Waals surface area contributed by atoms with E-state index >= 15 is 0 Å². The lowest BCUT2D eigenvalue weighted by atomic mass is 9.68. The molecule has 0 atom stereocenters. The predicted molar refractivity (Wildman–Crippen MR) is 126 cm³/mol. The fourth-order valence-electron chi connectivity index (χ4n) is 5.11. The van der Waals surface area contributed by atoms with Crippen LogP contribution in [0.1, 0.15) is 42.4 Å². The van der Waals surface area contributed by atoms with Crippen molar-refractivity contribution in [2.45, 2.75) is 49.6 Å². The number of carbonyl (C=O) groups excluding carboxylic acids is 1. The van der Waals surface area contributed by atoms with Crippen molar-refractivity contribution in [3.05, 3.63) is 75.6 Å². The Balaban J connectivity index is 1.47. The van der Waals surface area contributed by atoms with E-state index in [9.17, 15) is 9.59 Å². The van der Waals surface area contributed by atoms with Gasteiger partial charge in [-0.3, -0.25) is 14.2 Å². The summed E-state index contributed by atoms with van der Waals surface area (Å²) >= 11 is 1.25. The number of esters is 1. The highest BCUT2D eigenvalue weighted by atomic mass is 32.2. The summed E-state index contributed by atoms with van der Waals surface area (Å²) in [5.74, 6) is 0.240. The number of hydrogen-bond acceptors (Lipinski definition) is 5. The van der Waals surface area contributed by atoms with Crippen molar-refractivity contribution < 1.29 is 9.53 Å². The summed E-state index contributed by atoms with van der Waals surface area (Å²) in [6, 6.07) is 15.6. The van der Waals surface area contributed by atoms with Crippen LogP contribution in [0.25, 0.3) is 11.3 Å². The molecule has 2 aliphatic carbocycles. The molecule has 1 aromatic heterocycles. The topological polar surface area (TPSA) is 61.2 Å². The Morgan fingerprint density at radius 1 is 1.12 bits per heavy atom. The number of rotatable bonds is 4. The third-order valence-electron chi connectivity index (χ3n) is 6.71. The van der Waals surface area contributed by atoms with Crippen LogP contribution in [0, 0.1) is 6.92 Å². The lowest BCUT2D eigenvalue weighted by Crippen LogP contribution is -2.39. The van der Waals surface area contributed by atoms with Crippen molar-refractivity contribution in [2.75, 3.05) is 5.75 Å². The number of aromatic nitrogens is 2. The van der Waals surface area contributed by atoms with Crippen LogP contribution in [0.3, 0.4) is 0 Å². The molecule has 5 rings (SSSR count). The van der Waals surface area contributed by atoms with Crippen LogP contribution >= 0.6 is 11.8 Å². The first-order chi connectivity index (χ1) is 15.5. The third-order valence-corrected chi connectivity index (χ3v) is 7.72.